The van der Waals surface area contributed by atoms with Crippen LogP contribution in [0.5, 0.6) is 0 Å². The molecule has 0 aromatic heterocycles. The molecule has 0 fully saturated rings. The summed E-state index contributed by atoms with van der Waals surface area (Å²) in [5.74, 6) is -2.39. The fourth-order valence-electron chi connectivity index (χ4n) is 1.39. The average Bonchev–Trinajstić information content (AvgIpc) is 2.01. The SMILES string of the molecule is CCC(C)CC(C)C(C)C(O)(O)O. The molecule has 0 aliphatic carbocycles. The summed E-state index contributed by atoms with van der Waals surface area (Å²) in [7, 11) is 0. The molecule has 0 radical (unpaired) electrons. The van der Waals surface area contributed by atoms with Crippen molar-refractivity contribution in [2.45, 2.75) is 46.5 Å². The van der Waals surface area contributed by atoms with Crippen LogP contribution in [-0.2, 0) is 0 Å². The smallest absolute Gasteiger partial charge is 0.278 e. The molecule has 0 aromatic rings. The van der Waals surface area contributed by atoms with E-state index in [2.05, 4.69) is 13.8 Å². The largest absolute Gasteiger partial charge is 0.343 e. The molecule has 80 valence electrons. The molecular weight excluding hydrogens is 168 g/mol. The molecule has 3 N–H and O–H groups in total. The quantitative estimate of drug-likeness (QED) is 0.573. The number of rotatable bonds is 5. The fourth-order valence-corrected chi connectivity index (χ4v) is 1.39. The van der Waals surface area contributed by atoms with E-state index in [1.54, 1.807) is 6.92 Å². The predicted octanol–water partition coefficient (Wildman–Crippen LogP) is 1.33. The van der Waals surface area contributed by atoms with Crippen molar-refractivity contribution in [3.8, 4) is 0 Å². The maximum atomic E-state index is 8.95. The van der Waals surface area contributed by atoms with Gasteiger partial charge in [0.25, 0.3) is 5.97 Å². The highest BCUT2D eigenvalue weighted by atomic mass is 16.7. The minimum atomic E-state index is -2.53. The topological polar surface area (TPSA) is 60.7 Å². The van der Waals surface area contributed by atoms with E-state index in [9.17, 15) is 0 Å². The standard InChI is InChI=1S/C10H22O3/c1-5-7(2)6-8(3)9(4)10(11,12)13/h7-9,11-13H,5-6H2,1-4H3. The third kappa shape index (κ3) is 4.60. The first-order valence-electron chi connectivity index (χ1n) is 4.96. The molecule has 3 nitrogen and oxygen atoms in total. The summed E-state index contributed by atoms with van der Waals surface area (Å²) in [6.07, 6.45) is 1.98. The lowest BCUT2D eigenvalue weighted by atomic mass is 9.85. The first-order valence-corrected chi connectivity index (χ1v) is 4.96. The van der Waals surface area contributed by atoms with Crippen LogP contribution in [0.1, 0.15) is 40.5 Å². The fraction of sp³-hybridized carbons (Fsp3) is 1.00. The maximum absolute atomic E-state index is 8.95. The van der Waals surface area contributed by atoms with E-state index < -0.39 is 11.9 Å². The molecule has 13 heavy (non-hydrogen) atoms. The van der Waals surface area contributed by atoms with E-state index in [1.165, 1.54) is 0 Å². The molecule has 0 aromatic carbocycles. The first-order chi connectivity index (χ1) is 5.79. The molecule has 0 saturated heterocycles. The van der Waals surface area contributed by atoms with Crippen molar-refractivity contribution in [3.05, 3.63) is 0 Å². The van der Waals surface area contributed by atoms with Gasteiger partial charge in [0, 0.05) is 5.92 Å². The maximum Gasteiger partial charge on any atom is 0.278 e. The highest BCUT2D eigenvalue weighted by Gasteiger charge is 2.32. The van der Waals surface area contributed by atoms with Gasteiger partial charge in [-0.25, -0.2) is 0 Å². The molecule has 3 atom stereocenters. The van der Waals surface area contributed by atoms with Crippen molar-refractivity contribution in [3.63, 3.8) is 0 Å². The van der Waals surface area contributed by atoms with Gasteiger partial charge in [0.2, 0.25) is 0 Å². The highest BCUT2D eigenvalue weighted by molar-refractivity contribution is 4.69. The average molecular weight is 190 g/mol. The Balaban J connectivity index is 4.03. The Morgan fingerprint density at radius 1 is 1.08 bits per heavy atom. The van der Waals surface area contributed by atoms with Crippen molar-refractivity contribution in [1.29, 1.82) is 0 Å². The van der Waals surface area contributed by atoms with Crippen LogP contribution in [0.4, 0.5) is 0 Å². The molecule has 0 aliphatic rings. The molecule has 0 spiro atoms. The molecular formula is C10H22O3. The summed E-state index contributed by atoms with van der Waals surface area (Å²) in [4.78, 5) is 0. The second-order valence-corrected chi connectivity index (χ2v) is 4.20. The van der Waals surface area contributed by atoms with Crippen LogP contribution in [-0.4, -0.2) is 21.3 Å². The van der Waals surface area contributed by atoms with Crippen molar-refractivity contribution in [2.24, 2.45) is 17.8 Å². The second-order valence-electron chi connectivity index (χ2n) is 4.20. The second kappa shape index (κ2) is 4.94. The van der Waals surface area contributed by atoms with Crippen LogP contribution in [0.2, 0.25) is 0 Å². The summed E-state index contributed by atoms with van der Waals surface area (Å²) in [6.45, 7) is 7.80. The van der Waals surface area contributed by atoms with Crippen molar-refractivity contribution in [2.75, 3.05) is 0 Å². The summed E-state index contributed by atoms with van der Waals surface area (Å²) < 4.78 is 0. The van der Waals surface area contributed by atoms with Crippen LogP contribution in [0.3, 0.4) is 0 Å². The van der Waals surface area contributed by atoms with Crippen molar-refractivity contribution >= 4 is 0 Å². The molecule has 0 rings (SSSR count). The van der Waals surface area contributed by atoms with Crippen LogP contribution in [0.25, 0.3) is 0 Å². The van der Waals surface area contributed by atoms with Gasteiger partial charge in [0.1, 0.15) is 0 Å². The van der Waals surface area contributed by atoms with Gasteiger partial charge in [-0.1, -0.05) is 34.1 Å². The minimum Gasteiger partial charge on any atom is -0.343 e. The van der Waals surface area contributed by atoms with Gasteiger partial charge in [0.05, 0.1) is 0 Å². The van der Waals surface area contributed by atoms with E-state index >= 15 is 0 Å². The molecule has 0 bridgehead atoms. The summed E-state index contributed by atoms with van der Waals surface area (Å²) >= 11 is 0. The minimum absolute atomic E-state index is 0.106. The number of aliphatic hydroxyl groups is 3. The number of hydrogen-bond acceptors (Lipinski definition) is 3. The number of hydrogen-bond donors (Lipinski definition) is 3. The van der Waals surface area contributed by atoms with Crippen LogP contribution in [0, 0.1) is 17.8 Å². The molecule has 3 unspecified atom stereocenters. The zero-order chi connectivity index (χ0) is 10.6. The lowest BCUT2D eigenvalue weighted by Gasteiger charge is -2.29. The van der Waals surface area contributed by atoms with Gasteiger partial charge in [-0.15, -0.1) is 0 Å². The zero-order valence-corrected chi connectivity index (χ0v) is 8.99. The molecule has 0 aliphatic heterocycles. The molecule has 3 heteroatoms. The van der Waals surface area contributed by atoms with Gasteiger partial charge in [-0.05, 0) is 18.3 Å². The first kappa shape index (κ1) is 12.9. The van der Waals surface area contributed by atoms with Gasteiger partial charge in [-0.2, -0.15) is 0 Å². The van der Waals surface area contributed by atoms with E-state index in [-0.39, 0.29) is 5.92 Å². The summed E-state index contributed by atoms with van der Waals surface area (Å²) in [5, 5.41) is 26.9. The van der Waals surface area contributed by atoms with E-state index in [4.69, 9.17) is 15.3 Å². The third-order valence-electron chi connectivity index (χ3n) is 2.94. The van der Waals surface area contributed by atoms with Crippen molar-refractivity contribution < 1.29 is 15.3 Å². The Morgan fingerprint density at radius 3 is 1.85 bits per heavy atom. The van der Waals surface area contributed by atoms with Gasteiger partial charge < -0.3 is 15.3 Å². The Bertz CT molecular complexity index is 140. The molecule has 0 saturated carbocycles. The molecule has 0 heterocycles. The van der Waals surface area contributed by atoms with Crippen LogP contribution in [0.15, 0.2) is 0 Å². The predicted molar refractivity (Wildman–Crippen MR) is 51.8 cm³/mol. The van der Waals surface area contributed by atoms with Crippen LogP contribution >= 0.6 is 0 Å². The third-order valence-corrected chi connectivity index (χ3v) is 2.94. The van der Waals surface area contributed by atoms with Gasteiger partial charge in [-0.3, -0.25) is 0 Å². The summed E-state index contributed by atoms with van der Waals surface area (Å²) in [6, 6.07) is 0. The Morgan fingerprint density at radius 2 is 1.54 bits per heavy atom. The Kier molecular flexibility index (Phi) is 4.89. The van der Waals surface area contributed by atoms with Crippen LogP contribution < -0.4 is 0 Å². The van der Waals surface area contributed by atoms with Crippen molar-refractivity contribution in [1.82, 2.24) is 0 Å². The monoisotopic (exact) mass is 190 g/mol. The lowest BCUT2D eigenvalue weighted by molar-refractivity contribution is -0.346. The normalized spacial score (nSPS) is 19.6. The Hall–Kier alpha value is -0.120. The summed E-state index contributed by atoms with van der Waals surface area (Å²) in [5.41, 5.74) is 0. The van der Waals surface area contributed by atoms with E-state index in [1.807, 2.05) is 6.92 Å². The van der Waals surface area contributed by atoms with E-state index in [0.717, 1.165) is 12.8 Å². The van der Waals surface area contributed by atoms with Gasteiger partial charge in [0.15, 0.2) is 0 Å². The Labute approximate surface area is 80.4 Å². The van der Waals surface area contributed by atoms with E-state index in [0.29, 0.717) is 5.92 Å². The zero-order valence-electron chi connectivity index (χ0n) is 8.99. The lowest BCUT2D eigenvalue weighted by Crippen LogP contribution is -2.39. The molecule has 0 amide bonds. The van der Waals surface area contributed by atoms with Gasteiger partial charge >= 0.3 is 0 Å². The highest BCUT2D eigenvalue weighted by Crippen LogP contribution is 2.27.